The highest BCUT2D eigenvalue weighted by atomic mass is 35.5. The van der Waals surface area contributed by atoms with Crippen molar-refractivity contribution < 1.29 is 17.6 Å². The summed E-state index contributed by atoms with van der Waals surface area (Å²) in [5.74, 6) is 1.28. The van der Waals surface area contributed by atoms with Crippen LogP contribution in [0.4, 0.5) is 0 Å². The molecule has 2 rings (SSSR count). The third-order valence-corrected chi connectivity index (χ3v) is 4.94. The van der Waals surface area contributed by atoms with Crippen LogP contribution < -0.4 is 4.74 Å². The molecule has 0 aliphatic rings. The Hall–Kier alpha value is -1.50. The largest absolute Gasteiger partial charge is 0.497 e. The van der Waals surface area contributed by atoms with E-state index >= 15 is 0 Å². The van der Waals surface area contributed by atoms with Gasteiger partial charge in [-0.05, 0) is 29.8 Å². The zero-order chi connectivity index (χ0) is 15.5. The van der Waals surface area contributed by atoms with E-state index in [1.165, 1.54) is 17.4 Å². The van der Waals surface area contributed by atoms with E-state index < -0.39 is 10.0 Å². The second-order valence-electron chi connectivity index (χ2n) is 4.46. The molecular formula is C14H16ClNO4S. The molecule has 0 unspecified atom stereocenters. The third-order valence-electron chi connectivity index (χ3n) is 3.00. The molecule has 21 heavy (non-hydrogen) atoms. The minimum atomic E-state index is -3.67. The number of hydrogen-bond donors (Lipinski definition) is 0. The molecule has 114 valence electrons. The molecule has 2 aromatic rings. The first-order chi connectivity index (χ1) is 9.97. The molecule has 0 saturated carbocycles. The molecule has 1 aromatic carbocycles. The maximum atomic E-state index is 12.4. The summed E-state index contributed by atoms with van der Waals surface area (Å²) < 4.78 is 36.2. The molecule has 7 heteroatoms. The van der Waals surface area contributed by atoms with E-state index in [9.17, 15) is 8.42 Å². The first-order valence-electron chi connectivity index (χ1n) is 6.21. The summed E-state index contributed by atoms with van der Waals surface area (Å²) in [6, 6.07) is 10.2. The van der Waals surface area contributed by atoms with Crippen molar-refractivity contribution in [3.63, 3.8) is 0 Å². The van der Waals surface area contributed by atoms with Crippen LogP contribution in [0.25, 0.3) is 0 Å². The Kier molecular flexibility index (Phi) is 4.92. The number of benzene rings is 1. The summed E-state index contributed by atoms with van der Waals surface area (Å²) in [5, 5.41) is -0.103. The summed E-state index contributed by atoms with van der Waals surface area (Å²) >= 11 is 5.61. The number of sulfonamides is 1. The fraction of sp³-hybridized carbons (Fsp3) is 0.286. The fourth-order valence-corrected chi connectivity index (χ4v) is 3.02. The van der Waals surface area contributed by atoms with E-state index in [2.05, 4.69) is 0 Å². The van der Waals surface area contributed by atoms with Crippen LogP contribution in [0.15, 0.2) is 45.9 Å². The maximum Gasteiger partial charge on any atom is 0.276 e. The van der Waals surface area contributed by atoms with Crippen molar-refractivity contribution in [2.24, 2.45) is 0 Å². The van der Waals surface area contributed by atoms with Crippen LogP contribution in [0, 0.1) is 0 Å². The quantitative estimate of drug-likeness (QED) is 0.765. The predicted octanol–water partition coefficient (Wildman–Crippen LogP) is 2.85. The van der Waals surface area contributed by atoms with Crippen LogP contribution in [0.1, 0.15) is 11.3 Å². The SMILES string of the molecule is COc1ccc(CN(C)S(=O)(=O)c2ccc(CCl)o2)cc1. The van der Waals surface area contributed by atoms with Crippen LogP contribution in [0.5, 0.6) is 5.75 Å². The zero-order valence-electron chi connectivity index (χ0n) is 11.7. The van der Waals surface area contributed by atoms with Gasteiger partial charge in [-0.3, -0.25) is 0 Å². The number of methoxy groups -OCH3 is 1. The highest BCUT2D eigenvalue weighted by molar-refractivity contribution is 7.88. The number of furan rings is 1. The Balaban J connectivity index is 2.15. The molecule has 1 heterocycles. The van der Waals surface area contributed by atoms with Crippen molar-refractivity contribution in [3.8, 4) is 5.75 Å². The summed E-state index contributed by atoms with van der Waals surface area (Å²) in [6.45, 7) is 0.239. The molecule has 0 bridgehead atoms. The number of hydrogen-bond acceptors (Lipinski definition) is 4. The van der Waals surface area contributed by atoms with Crippen molar-refractivity contribution >= 4 is 21.6 Å². The van der Waals surface area contributed by atoms with Gasteiger partial charge in [0.15, 0.2) is 0 Å². The minimum Gasteiger partial charge on any atom is -0.497 e. The lowest BCUT2D eigenvalue weighted by Crippen LogP contribution is -2.26. The molecule has 5 nitrogen and oxygen atoms in total. The Morgan fingerprint density at radius 1 is 1.19 bits per heavy atom. The van der Waals surface area contributed by atoms with Crippen molar-refractivity contribution in [1.29, 1.82) is 0 Å². The Morgan fingerprint density at radius 2 is 1.86 bits per heavy atom. The van der Waals surface area contributed by atoms with Gasteiger partial charge in [0, 0.05) is 13.6 Å². The predicted molar refractivity (Wildman–Crippen MR) is 79.9 cm³/mol. The zero-order valence-corrected chi connectivity index (χ0v) is 13.3. The van der Waals surface area contributed by atoms with Crippen LogP contribution in [0.2, 0.25) is 0 Å². The van der Waals surface area contributed by atoms with Gasteiger partial charge in [-0.15, -0.1) is 11.6 Å². The molecule has 0 aliphatic heterocycles. The lowest BCUT2D eigenvalue weighted by Gasteiger charge is -2.15. The molecule has 0 saturated heterocycles. The average molecular weight is 330 g/mol. The normalized spacial score (nSPS) is 11.8. The summed E-state index contributed by atoms with van der Waals surface area (Å²) in [5.41, 5.74) is 0.853. The van der Waals surface area contributed by atoms with Gasteiger partial charge in [0.1, 0.15) is 11.5 Å². The van der Waals surface area contributed by atoms with E-state index in [1.807, 2.05) is 12.1 Å². The van der Waals surface area contributed by atoms with E-state index in [0.29, 0.717) is 5.76 Å². The molecule has 0 aliphatic carbocycles. The molecule has 0 fully saturated rings. The molecule has 0 atom stereocenters. The van der Waals surface area contributed by atoms with Gasteiger partial charge in [0.05, 0.1) is 13.0 Å². The molecule has 0 N–H and O–H groups in total. The first kappa shape index (κ1) is 15.9. The Labute approximate surface area is 129 Å². The molecule has 0 amide bonds. The van der Waals surface area contributed by atoms with E-state index in [-0.39, 0.29) is 17.5 Å². The molecule has 0 radical (unpaired) electrons. The highest BCUT2D eigenvalue weighted by Gasteiger charge is 2.24. The van der Waals surface area contributed by atoms with Crippen molar-refractivity contribution in [1.82, 2.24) is 4.31 Å². The maximum absolute atomic E-state index is 12.4. The average Bonchev–Trinajstić information content (AvgIpc) is 2.97. The van der Waals surface area contributed by atoms with Gasteiger partial charge in [-0.1, -0.05) is 12.1 Å². The minimum absolute atomic E-state index is 0.103. The highest BCUT2D eigenvalue weighted by Crippen LogP contribution is 2.21. The second kappa shape index (κ2) is 6.51. The summed E-state index contributed by atoms with van der Waals surface area (Å²) in [6.07, 6.45) is 0. The van der Waals surface area contributed by atoms with E-state index in [0.717, 1.165) is 11.3 Å². The van der Waals surface area contributed by atoms with Crippen LogP contribution in [0.3, 0.4) is 0 Å². The molecule has 0 spiro atoms. The smallest absolute Gasteiger partial charge is 0.276 e. The third kappa shape index (κ3) is 3.58. The summed E-state index contributed by atoms with van der Waals surface area (Å²) in [4.78, 5) is 0. The first-order valence-corrected chi connectivity index (χ1v) is 8.19. The van der Waals surface area contributed by atoms with E-state index in [4.69, 9.17) is 20.8 Å². The lowest BCUT2D eigenvalue weighted by atomic mass is 10.2. The fourth-order valence-electron chi connectivity index (χ4n) is 1.80. The monoisotopic (exact) mass is 329 g/mol. The number of nitrogens with zero attached hydrogens (tertiary/aromatic N) is 1. The van der Waals surface area contributed by atoms with E-state index in [1.54, 1.807) is 25.3 Å². The standard InChI is InChI=1S/C14H16ClNO4S/c1-16(10-11-3-5-12(19-2)6-4-11)21(17,18)14-8-7-13(9-15)20-14/h3-8H,9-10H2,1-2H3. The topological polar surface area (TPSA) is 59.8 Å². The Bertz CT molecular complexity index is 694. The van der Waals surface area contributed by atoms with Crippen molar-refractivity contribution in [3.05, 3.63) is 47.7 Å². The molecule has 1 aromatic heterocycles. The van der Waals surface area contributed by atoms with Crippen LogP contribution >= 0.6 is 11.6 Å². The van der Waals surface area contributed by atoms with Gasteiger partial charge >= 0.3 is 0 Å². The molecular weight excluding hydrogens is 314 g/mol. The second-order valence-corrected chi connectivity index (χ2v) is 6.71. The number of alkyl halides is 1. The number of ether oxygens (including phenoxy) is 1. The van der Waals surface area contributed by atoms with Gasteiger partial charge in [-0.25, -0.2) is 8.42 Å². The van der Waals surface area contributed by atoms with Gasteiger partial charge < -0.3 is 9.15 Å². The van der Waals surface area contributed by atoms with Gasteiger partial charge in [-0.2, -0.15) is 4.31 Å². The van der Waals surface area contributed by atoms with Crippen LogP contribution in [-0.4, -0.2) is 26.9 Å². The lowest BCUT2D eigenvalue weighted by molar-refractivity contribution is 0.393. The van der Waals surface area contributed by atoms with Gasteiger partial charge in [0.25, 0.3) is 10.0 Å². The number of rotatable bonds is 6. The van der Waals surface area contributed by atoms with Crippen molar-refractivity contribution in [2.45, 2.75) is 17.5 Å². The van der Waals surface area contributed by atoms with Crippen LogP contribution in [-0.2, 0) is 22.4 Å². The Morgan fingerprint density at radius 3 is 2.38 bits per heavy atom. The van der Waals surface area contributed by atoms with Gasteiger partial charge in [0.2, 0.25) is 5.09 Å². The number of halogens is 1. The van der Waals surface area contributed by atoms with Crippen molar-refractivity contribution in [2.75, 3.05) is 14.2 Å². The summed E-state index contributed by atoms with van der Waals surface area (Å²) in [7, 11) is -0.583.